The lowest BCUT2D eigenvalue weighted by Crippen LogP contribution is -2.48. The van der Waals surface area contributed by atoms with E-state index in [-0.39, 0.29) is 11.8 Å². The molecule has 1 aromatic heterocycles. The largest absolute Gasteiger partial charge is 0.319 e. The van der Waals surface area contributed by atoms with E-state index in [9.17, 15) is 9.59 Å². The number of nitrogens with zero attached hydrogens (tertiary/aromatic N) is 2. The standard InChI is InChI=1S/C15H15N3O2S2/c1-9-2-3-10-11(8-9)22-14(16-10)17-13(20)15-5-4-12(19)18(15)6-7-21-15/h2-3,8H,4-7H2,1H3,(H,16,17,20). The van der Waals surface area contributed by atoms with E-state index < -0.39 is 4.87 Å². The molecule has 22 heavy (non-hydrogen) atoms. The van der Waals surface area contributed by atoms with Crippen LogP contribution in [0.15, 0.2) is 18.2 Å². The minimum atomic E-state index is -0.717. The third kappa shape index (κ3) is 2.03. The quantitative estimate of drug-likeness (QED) is 0.918. The fraction of sp³-hybridized carbons (Fsp3) is 0.400. The molecule has 2 amide bonds. The van der Waals surface area contributed by atoms with E-state index in [1.54, 1.807) is 16.7 Å². The van der Waals surface area contributed by atoms with Gasteiger partial charge in [0.25, 0.3) is 5.91 Å². The number of aromatic nitrogens is 1. The third-order valence-corrected chi connectivity index (χ3v) is 6.60. The number of anilines is 1. The van der Waals surface area contributed by atoms with Crippen LogP contribution in [-0.2, 0) is 9.59 Å². The fourth-order valence-corrected chi connectivity index (χ4v) is 5.44. The minimum Gasteiger partial charge on any atom is -0.319 e. The van der Waals surface area contributed by atoms with Crippen molar-refractivity contribution in [1.82, 2.24) is 9.88 Å². The molecule has 1 unspecified atom stereocenters. The van der Waals surface area contributed by atoms with Crippen LogP contribution in [0.3, 0.4) is 0 Å². The van der Waals surface area contributed by atoms with Gasteiger partial charge in [-0.25, -0.2) is 4.98 Å². The number of thiazole rings is 1. The Balaban J connectivity index is 1.62. The highest BCUT2D eigenvalue weighted by atomic mass is 32.2. The zero-order valence-corrected chi connectivity index (χ0v) is 13.7. The topological polar surface area (TPSA) is 62.3 Å². The Hall–Kier alpha value is -1.60. The van der Waals surface area contributed by atoms with Gasteiger partial charge in [0.1, 0.15) is 0 Å². The predicted octanol–water partition coefficient (Wildman–Crippen LogP) is 2.61. The molecule has 0 spiro atoms. The second-order valence-electron chi connectivity index (χ2n) is 5.62. The predicted molar refractivity (Wildman–Crippen MR) is 89.1 cm³/mol. The maximum Gasteiger partial charge on any atom is 0.262 e. The molecular weight excluding hydrogens is 318 g/mol. The first-order valence-electron chi connectivity index (χ1n) is 7.22. The summed E-state index contributed by atoms with van der Waals surface area (Å²) in [6.45, 7) is 2.70. The molecule has 0 bridgehead atoms. The lowest BCUT2D eigenvalue weighted by atomic mass is 10.2. The molecule has 1 aromatic carbocycles. The Morgan fingerprint density at radius 1 is 1.45 bits per heavy atom. The van der Waals surface area contributed by atoms with Crippen LogP contribution in [0.5, 0.6) is 0 Å². The van der Waals surface area contributed by atoms with Gasteiger partial charge in [0.05, 0.1) is 10.2 Å². The lowest BCUT2D eigenvalue weighted by Gasteiger charge is -2.28. The Labute approximate surface area is 136 Å². The van der Waals surface area contributed by atoms with E-state index in [4.69, 9.17) is 0 Å². The first-order valence-corrected chi connectivity index (χ1v) is 9.02. The number of aryl methyl sites for hydroxylation is 1. The maximum absolute atomic E-state index is 12.7. The van der Waals surface area contributed by atoms with Crippen molar-refractivity contribution in [1.29, 1.82) is 0 Å². The van der Waals surface area contributed by atoms with Crippen LogP contribution in [0.1, 0.15) is 18.4 Å². The van der Waals surface area contributed by atoms with Gasteiger partial charge in [0.2, 0.25) is 5.91 Å². The average Bonchev–Trinajstić information content (AvgIpc) is 3.14. The van der Waals surface area contributed by atoms with Crippen LogP contribution in [0.2, 0.25) is 0 Å². The number of carbonyl (C=O) groups is 2. The molecule has 2 aliphatic heterocycles. The molecule has 2 aliphatic rings. The van der Waals surface area contributed by atoms with Crippen molar-refractivity contribution >= 4 is 50.3 Å². The molecule has 2 saturated heterocycles. The highest BCUT2D eigenvalue weighted by Crippen LogP contribution is 2.45. The summed E-state index contributed by atoms with van der Waals surface area (Å²) in [4.78, 5) is 30.1. The van der Waals surface area contributed by atoms with Gasteiger partial charge in [-0.2, -0.15) is 0 Å². The van der Waals surface area contributed by atoms with Crippen molar-refractivity contribution in [2.75, 3.05) is 17.6 Å². The first-order chi connectivity index (χ1) is 10.6. The van der Waals surface area contributed by atoms with Crippen molar-refractivity contribution in [3.63, 3.8) is 0 Å². The summed E-state index contributed by atoms with van der Waals surface area (Å²) >= 11 is 3.05. The van der Waals surface area contributed by atoms with Crippen LogP contribution < -0.4 is 5.32 Å². The third-order valence-electron chi connectivity index (χ3n) is 4.19. The molecule has 7 heteroatoms. The highest BCUT2D eigenvalue weighted by Gasteiger charge is 2.54. The number of fused-ring (bicyclic) bond motifs is 2. The van der Waals surface area contributed by atoms with Crippen molar-refractivity contribution in [2.45, 2.75) is 24.6 Å². The van der Waals surface area contributed by atoms with Gasteiger partial charge in [0.15, 0.2) is 10.0 Å². The monoisotopic (exact) mass is 333 g/mol. The molecule has 1 N–H and O–H groups in total. The van der Waals surface area contributed by atoms with E-state index in [1.165, 1.54) is 16.9 Å². The van der Waals surface area contributed by atoms with E-state index in [0.717, 1.165) is 16.0 Å². The molecule has 2 fully saturated rings. The molecule has 0 radical (unpaired) electrons. The maximum atomic E-state index is 12.7. The van der Waals surface area contributed by atoms with Crippen LogP contribution in [0.4, 0.5) is 5.13 Å². The molecule has 0 aliphatic carbocycles. The van der Waals surface area contributed by atoms with E-state index in [2.05, 4.69) is 16.4 Å². The minimum absolute atomic E-state index is 0.0834. The van der Waals surface area contributed by atoms with Gasteiger partial charge >= 0.3 is 0 Å². The Bertz CT molecular complexity index is 788. The van der Waals surface area contributed by atoms with Crippen LogP contribution in [-0.4, -0.2) is 38.9 Å². The molecule has 2 aromatic rings. The average molecular weight is 333 g/mol. The zero-order valence-electron chi connectivity index (χ0n) is 12.1. The number of rotatable bonds is 2. The number of benzene rings is 1. The van der Waals surface area contributed by atoms with Crippen molar-refractivity contribution < 1.29 is 9.59 Å². The Morgan fingerprint density at radius 3 is 3.18 bits per heavy atom. The zero-order chi connectivity index (χ0) is 15.3. The van der Waals surface area contributed by atoms with Crippen molar-refractivity contribution in [2.24, 2.45) is 0 Å². The number of thioether (sulfide) groups is 1. The molecule has 0 saturated carbocycles. The Morgan fingerprint density at radius 2 is 2.32 bits per heavy atom. The lowest BCUT2D eigenvalue weighted by molar-refractivity contribution is -0.133. The number of amides is 2. The van der Waals surface area contributed by atoms with Crippen LogP contribution in [0, 0.1) is 6.92 Å². The molecule has 114 valence electrons. The molecule has 3 heterocycles. The van der Waals surface area contributed by atoms with Crippen molar-refractivity contribution in [3.8, 4) is 0 Å². The molecule has 5 nitrogen and oxygen atoms in total. The number of hydrogen-bond acceptors (Lipinski definition) is 5. The second kappa shape index (κ2) is 4.96. The summed E-state index contributed by atoms with van der Waals surface area (Å²) in [7, 11) is 0. The van der Waals surface area contributed by atoms with Crippen LogP contribution >= 0.6 is 23.1 Å². The Kier molecular flexibility index (Phi) is 3.16. The summed E-state index contributed by atoms with van der Waals surface area (Å²) < 4.78 is 1.06. The van der Waals surface area contributed by atoms with Gasteiger partial charge < -0.3 is 4.90 Å². The smallest absolute Gasteiger partial charge is 0.262 e. The summed E-state index contributed by atoms with van der Waals surface area (Å²) in [5, 5.41) is 3.53. The van der Waals surface area contributed by atoms with Gasteiger partial charge in [0, 0.05) is 18.7 Å². The van der Waals surface area contributed by atoms with Gasteiger partial charge in [-0.3, -0.25) is 14.9 Å². The second-order valence-corrected chi connectivity index (χ2v) is 8.03. The van der Waals surface area contributed by atoms with Crippen molar-refractivity contribution in [3.05, 3.63) is 23.8 Å². The number of carbonyl (C=O) groups excluding carboxylic acids is 2. The first kappa shape index (κ1) is 14.0. The highest BCUT2D eigenvalue weighted by molar-refractivity contribution is 8.01. The molecule has 4 rings (SSSR count). The number of hydrogen-bond donors (Lipinski definition) is 1. The molecule has 1 atom stereocenters. The van der Waals surface area contributed by atoms with Gasteiger partial charge in [-0.05, 0) is 31.0 Å². The van der Waals surface area contributed by atoms with E-state index >= 15 is 0 Å². The fourth-order valence-electron chi connectivity index (χ4n) is 3.09. The van der Waals surface area contributed by atoms with E-state index in [0.29, 0.717) is 24.5 Å². The van der Waals surface area contributed by atoms with E-state index in [1.807, 2.05) is 19.1 Å². The molecular formula is C15H15N3O2S2. The number of nitrogens with one attached hydrogen (secondary N) is 1. The summed E-state index contributed by atoms with van der Waals surface area (Å²) in [6, 6.07) is 6.04. The van der Waals surface area contributed by atoms with Crippen LogP contribution in [0.25, 0.3) is 10.2 Å². The summed E-state index contributed by atoms with van der Waals surface area (Å²) in [5.41, 5.74) is 2.06. The van der Waals surface area contributed by atoms with Gasteiger partial charge in [-0.1, -0.05) is 17.4 Å². The van der Waals surface area contributed by atoms with Gasteiger partial charge in [-0.15, -0.1) is 11.8 Å². The summed E-state index contributed by atoms with van der Waals surface area (Å²) in [5.74, 6) is 0.787. The normalized spacial score (nSPS) is 24.0. The SMILES string of the molecule is Cc1ccc2nc(NC(=O)C34CCC(=O)N3CCS4)sc2c1. The summed E-state index contributed by atoms with van der Waals surface area (Å²) in [6.07, 6.45) is 1.05.